The van der Waals surface area contributed by atoms with Crippen LogP contribution in [0.4, 0.5) is 5.69 Å². The molecule has 30 heavy (non-hydrogen) atoms. The molecule has 0 bridgehead atoms. The van der Waals surface area contributed by atoms with Crippen molar-refractivity contribution in [1.29, 1.82) is 0 Å². The highest BCUT2D eigenvalue weighted by molar-refractivity contribution is 7.99. The lowest BCUT2D eigenvalue weighted by Gasteiger charge is -2.18. The Labute approximate surface area is 177 Å². The molecule has 158 valence electrons. The van der Waals surface area contributed by atoms with Crippen LogP contribution in [0.2, 0.25) is 0 Å². The molecular formula is C18H19N5O5S2. The van der Waals surface area contributed by atoms with Gasteiger partial charge in [-0.2, -0.15) is 0 Å². The Kier molecular flexibility index (Phi) is 5.54. The molecule has 3 aromatic rings. The molecule has 1 aromatic carbocycles. The number of ether oxygens (including phenoxy) is 2. The van der Waals surface area contributed by atoms with Crippen LogP contribution in [0, 0.1) is 0 Å². The second-order valence-electron chi connectivity index (χ2n) is 6.56. The van der Waals surface area contributed by atoms with Crippen LogP contribution in [0.15, 0.2) is 46.6 Å². The van der Waals surface area contributed by atoms with Gasteiger partial charge in [0.2, 0.25) is 15.9 Å². The molecule has 0 saturated heterocycles. The van der Waals surface area contributed by atoms with Crippen LogP contribution in [0.3, 0.4) is 0 Å². The van der Waals surface area contributed by atoms with Gasteiger partial charge < -0.3 is 14.8 Å². The van der Waals surface area contributed by atoms with Crippen LogP contribution < -0.4 is 14.8 Å². The van der Waals surface area contributed by atoms with Gasteiger partial charge in [-0.25, -0.2) is 12.7 Å². The Balaban J connectivity index is 1.46. The molecular weight excluding hydrogens is 430 g/mol. The summed E-state index contributed by atoms with van der Waals surface area (Å²) in [5.41, 5.74) is 1.08. The van der Waals surface area contributed by atoms with Crippen LogP contribution in [0.25, 0.3) is 5.65 Å². The van der Waals surface area contributed by atoms with E-state index in [0.717, 1.165) is 16.1 Å². The summed E-state index contributed by atoms with van der Waals surface area (Å²) in [5.74, 6) is 1.06. The van der Waals surface area contributed by atoms with E-state index in [9.17, 15) is 13.2 Å². The predicted octanol–water partition coefficient (Wildman–Crippen LogP) is 1.48. The molecule has 0 unspecified atom stereocenters. The maximum atomic E-state index is 12.4. The Morgan fingerprint density at radius 3 is 2.70 bits per heavy atom. The molecule has 12 heteroatoms. The third-order valence-corrected chi connectivity index (χ3v) is 7.02. The normalized spacial score (nSPS) is 13.6. The van der Waals surface area contributed by atoms with Crippen molar-refractivity contribution in [3.05, 3.63) is 36.5 Å². The van der Waals surface area contributed by atoms with Crippen molar-refractivity contribution in [2.45, 2.75) is 10.1 Å². The third-order valence-electron chi connectivity index (χ3n) is 4.28. The number of anilines is 1. The van der Waals surface area contributed by atoms with Crippen molar-refractivity contribution in [3.8, 4) is 11.5 Å². The number of benzene rings is 1. The number of thioether (sulfide) groups is 1. The highest BCUT2D eigenvalue weighted by Gasteiger charge is 2.19. The topological polar surface area (TPSA) is 115 Å². The van der Waals surface area contributed by atoms with E-state index in [-0.39, 0.29) is 16.6 Å². The lowest BCUT2D eigenvalue weighted by Crippen LogP contribution is -2.22. The first kappa shape index (κ1) is 20.4. The average Bonchev–Trinajstić information content (AvgIpc) is 3.14. The third kappa shape index (κ3) is 4.06. The van der Waals surface area contributed by atoms with Gasteiger partial charge in [-0.15, -0.1) is 10.2 Å². The fourth-order valence-corrected chi connectivity index (χ4v) is 4.38. The zero-order valence-electron chi connectivity index (χ0n) is 16.2. The largest absolute Gasteiger partial charge is 0.486 e. The molecule has 0 aliphatic carbocycles. The molecule has 1 aliphatic heterocycles. The number of carbonyl (C=O) groups is 1. The van der Waals surface area contributed by atoms with Crippen molar-refractivity contribution in [3.63, 3.8) is 0 Å². The summed E-state index contributed by atoms with van der Waals surface area (Å²) in [4.78, 5) is 12.5. The molecule has 0 radical (unpaired) electrons. The molecule has 1 N–H and O–H groups in total. The SMILES string of the molecule is CN(C)S(=O)(=O)c1ccc2nnc(SCC(=O)Nc3ccc4c(c3)OCCO4)n2c1. The van der Waals surface area contributed by atoms with Crippen molar-refractivity contribution in [2.75, 3.05) is 38.4 Å². The fraction of sp³-hybridized carbons (Fsp3) is 0.278. The van der Waals surface area contributed by atoms with Crippen molar-refractivity contribution >= 4 is 39.0 Å². The molecule has 4 rings (SSSR count). The van der Waals surface area contributed by atoms with Crippen LogP contribution in [-0.4, -0.2) is 66.3 Å². The zero-order chi connectivity index (χ0) is 21.3. The summed E-state index contributed by atoms with van der Waals surface area (Å²) in [7, 11) is -0.673. The van der Waals surface area contributed by atoms with E-state index in [1.807, 2.05) is 0 Å². The average molecular weight is 450 g/mol. The molecule has 1 aliphatic rings. The Morgan fingerprint density at radius 2 is 1.93 bits per heavy atom. The minimum absolute atomic E-state index is 0.0693. The quantitative estimate of drug-likeness (QED) is 0.563. The summed E-state index contributed by atoms with van der Waals surface area (Å²) >= 11 is 1.15. The Hall–Kier alpha value is -2.83. The lowest BCUT2D eigenvalue weighted by atomic mass is 10.2. The van der Waals surface area contributed by atoms with Gasteiger partial charge in [-0.05, 0) is 24.3 Å². The maximum Gasteiger partial charge on any atom is 0.244 e. The molecule has 10 nitrogen and oxygen atoms in total. The lowest BCUT2D eigenvalue weighted by molar-refractivity contribution is -0.113. The number of pyridine rings is 1. The summed E-state index contributed by atoms with van der Waals surface area (Å²) in [6, 6.07) is 8.24. The monoisotopic (exact) mass is 449 g/mol. The molecule has 0 saturated carbocycles. The Bertz CT molecular complexity index is 1210. The maximum absolute atomic E-state index is 12.4. The van der Waals surface area contributed by atoms with E-state index in [4.69, 9.17) is 9.47 Å². The minimum Gasteiger partial charge on any atom is -0.486 e. The molecule has 2 aromatic heterocycles. The van der Waals surface area contributed by atoms with Crippen molar-refractivity contribution < 1.29 is 22.7 Å². The first-order chi connectivity index (χ1) is 14.3. The second-order valence-corrected chi connectivity index (χ2v) is 9.65. The molecule has 0 atom stereocenters. The van der Waals surface area contributed by atoms with Crippen molar-refractivity contribution in [2.24, 2.45) is 0 Å². The number of hydrogen-bond acceptors (Lipinski definition) is 8. The number of sulfonamides is 1. The van der Waals surface area contributed by atoms with Gasteiger partial charge in [0.05, 0.1) is 10.6 Å². The van der Waals surface area contributed by atoms with Crippen LogP contribution >= 0.6 is 11.8 Å². The van der Waals surface area contributed by atoms with E-state index < -0.39 is 10.0 Å². The van der Waals surface area contributed by atoms with Gasteiger partial charge >= 0.3 is 0 Å². The predicted molar refractivity (Wildman–Crippen MR) is 111 cm³/mol. The van der Waals surface area contributed by atoms with E-state index in [0.29, 0.717) is 41.2 Å². The fourth-order valence-electron chi connectivity index (χ4n) is 2.76. The van der Waals surface area contributed by atoms with Crippen molar-refractivity contribution in [1.82, 2.24) is 18.9 Å². The van der Waals surface area contributed by atoms with Gasteiger partial charge in [0.15, 0.2) is 22.3 Å². The number of amides is 1. The van der Waals surface area contributed by atoms with Gasteiger partial charge in [0.1, 0.15) is 13.2 Å². The highest BCUT2D eigenvalue weighted by Crippen LogP contribution is 2.32. The van der Waals surface area contributed by atoms with E-state index in [2.05, 4.69) is 15.5 Å². The van der Waals surface area contributed by atoms with Gasteiger partial charge in [0, 0.05) is 32.0 Å². The first-order valence-corrected chi connectivity index (χ1v) is 11.4. The standard InChI is InChI=1S/C18H19N5O5S2/c1-22(2)30(25,26)13-4-6-16-20-21-18(23(16)10-13)29-11-17(24)19-12-3-5-14-15(9-12)28-8-7-27-14/h3-6,9-10H,7-8,11H2,1-2H3,(H,19,24). The molecule has 1 amide bonds. The number of fused-ring (bicyclic) bond motifs is 2. The molecule has 0 fully saturated rings. The second kappa shape index (κ2) is 8.13. The van der Waals surface area contributed by atoms with E-state index in [1.54, 1.807) is 28.7 Å². The number of hydrogen-bond donors (Lipinski definition) is 1. The summed E-state index contributed by atoms with van der Waals surface area (Å²) in [6.07, 6.45) is 1.45. The summed E-state index contributed by atoms with van der Waals surface area (Å²) < 4.78 is 38.4. The van der Waals surface area contributed by atoms with Crippen LogP contribution in [0.1, 0.15) is 0 Å². The summed E-state index contributed by atoms with van der Waals surface area (Å²) in [6.45, 7) is 0.963. The first-order valence-electron chi connectivity index (χ1n) is 8.94. The Morgan fingerprint density at radius 1 is 1.17 bits per heavy atom. The van der Waals surface area contributed by atoms with Crippen LogP contribution in [0.5, 0.6) is 11.5 Å². The molecule has 0 spiro atoms. The van der Waals surface area contributed by atoms with Gasteiger partial charge in [0.25, 0.3) is 0 Å². The van der Waals surface area contributed by atoms with E-state index >= 15 is 0 Å². The van der Waals surface area contributed by atoms with Crippen LogP contribution in [-0.2, 0) is 14.8 Å². The number of carbonyl (C=O) groups excluding carboxylic acids is 1. The zero-order valence-corrected chi connectivity index (χ0v) is 17.9. The highest BCUT2D eigenvalue weighted by atomic mass is 32.2. The minimum atomic E-state index is -3.60. The number of nitrogens with zero attached hydrogens (tertiary/aromatic N) is 4. The van der Waals surface area contributed by atoms with Gasteiger partial charge in [-0.1, -0.05) is 11.8 Å². The number of nitrogens with one attached hydrogen (secondary N) is 1. The number of aromatic nitrogens is 3. The van der Waals surface area contributed by atoms with Gasteiger partial charge in [-0.3, -0.25) is 9.20 Å². The number of rotatable bonds is 6. The van der Waals surface area contributed by atoms with E-state index in [1.165, 1.54) is 26.4 Å². The smallest absolute Gasteiger partial charge is 0.244 e. The molecule has 3 heterocycles. The summed E-state index contributed by atoms with van der Waals surface area (Å²) in [5, 5.41) is 11.3.